The monoisotopic (exact) mass is 313 g/mol. The summed E-state index contributed by atoms with van der Waals surface area (Å²) in [6.07, 6.45) is 0.471. The Morgan fingerprint density at radius 3 is 2.39 bits per heavy atom. The van der Waals surface area contributed by atoms with Gasteiger partial charge in [-0.15, -0.1) is 0 Å². The number of carbonyl (C=O) groups is 1. The van der Waals surface area contributed by atoms with Crippen molar-refractivity contribution in [3.63, 3.8) is 0 Å². The molecule has 0 bridgehead atoms. The van der Waals surface area contributed by atoms with Crippen LogP contribution in [0.1, 0.15) is 24.8 Å². The van der Waals surface area contributed by atoms with Gasteiger partial charge in [0, 0.05) is 6.42 Å². The third-order valence-electron chi connectivity index (χ3n) is 3.61. The van der Waals surface area contributed by atoms with Gasteiger partial charge in [0.2, 0.25) is 5.91 Å². The maximum atomic E-state index is 12.0. The van der Waals surface area contributed by atoms with E-state index in [0.29, 0.717) is 31.1 Å². The molecule has 0 radical (unpaired) electrons. The maximum Gasteiger partial charge on any atom is 0.220 e. The highest BCUT2D eigenvalue weighted by Gasteiger charge is 2.10. The summed E-state index contributed by atoms with van der Waals surface area (Å²) in [6.45, 7) is 2.93. The molecule has 0 saturated carbocycles. The van der Waals surface area contributed by atoms with Gasteiger partial charge in [-0.2, -0.15) is 0 Å². The second-order valence-electron chi connectivity index (χ2n) is 5.37. The lowest BCUT2D eigenvalue weighted by atomic mass is 9.98. The van der Waals surface area contributed by atoms with Crippen molar-refractivity contribution in [1.29, 1.82) is 0 Å². The fraction of sp³-hybridized carbons (Fsp3) is 0.316. The van der Waals surface area contributed by atoms with Crippen LogP contribution < -0.4 is 14.8 Å². The largest absolute Gasteiger partial charge is 0.493 e. The summed E-state index contributed by atoms with van der Waals surface area (Å²) in [4.78, 5) is 12.0. The Bertz CT molecular complexity index is 613. The molecule has 4 heteroatoms. The zero-order valence-electron chi connectivity index (χ0n) is 13.6. The predicted octanol–water partition coefficient (Wildman–Crippen LogP) is 3.38. The van der Waals surface area contributed by atoms with Crippen LogP contribution in [-0.4, -0.2) is 26.2 Å². The first-order valence-electron chi connectivity index (χ1n) is 7.78. The van der Waals surface area contributed by atoms with Crippen molar-refractivity contribution >= 4 is 5.91 Å². The smallest absolute Gasteiger partial charge is 0.220 e. The molecule has 0 heterocycles. The zero-order valence-corrected chi connectivity index (χ0v) is 13.6. The lowest BCUT2D eigenvalue weighted by Crippen LogP contribution is -2.28. The summed E-state index contributed by atoms with van der Waals surface area (Å²) in [7, 11) is 1.61. The molecule has 0 aliphatic carbocycles. The Hall–Kier alpha value is -2.49. The molecule has 0 aliphatic heterocycles. The molecule has 122 valence electrons. The molecule has 0 spiro atoms. The van der Waals surface area contributed by atoms with Gasteiger partial charge in [0.25, 0.3) is 0 Å². The van der Waals surface area contributed by atoms with Crippen LogP contribution in [0.3, 0.4) is 0 Å². The van der Waals surface area contributed by atoms with E-state index in [-0.39, 0.29) is 11.8 Å². The Kier molecular flexibility index (Phi) is 6.48. The van der Waals surface area contributed by atoms with Gasteiger partial charge >= 0.3 is 0 Å². The molecule has 0 aliphatic rings. The highest BCUT2D eigenvalue weighted by atomic mass is 16.5. The number of rotatable bonds is 8. The van der Waals surface area contributed by atoms with Crippen LogP contribution in [0.25, 0.3) is 0 Å². The van der Waals surface area contributed by atoms with E-state index < -0.39 is 0 Å². The minimum Gasteiger partial charge on any atom is -0.493 e. The molecule has 23 heavy (non-hydrogen) atoms. The first-order chi connectivity index (χ1) is 11.2. The van der Waals surface area contributed by atoms with Gasteiger partial charge in [-0.25, -0.2) is 0 Å². The molecule has 2 aromatic carbocycles. The Labute approximate surface area is 137 Å². The average Bonchev–Trinajstić information content (AvgIpc) is 2.59. The number of hydrogen-bond acceptors (Lipinski definition) is 3. The number of para-hydroxylation sites is 2. The molecule has 1 atom stereocenters. The Balaban J connectivity index is 1.71. The van der Waals surface area contributed by atoms with Gasteiger partial charge in [-0.1, -0.05) is 49.4 Å². The van der Waals surface area contributed by atoms with E-state index in [1.165, 1.54) is 5.56 Å². The van der Waals surface area contributed by atoms with E-state index >= 15 is 0 Å². The number of nitrogens with one attached hydrogen (secondary N) is 1. The Morgan fingerprint density at radius 1 is 1.04 bits per heavy atom. The lowest BCUT2D eigenvalue weighted by molar-refractivity contribution is -0.121. The molecule has 2 rings (SSSR count). The minimum absolute atomic E-state index is 0.0324. The normalized spacial score (nSPS) is 11.6. The van der Waals surface area contributed by atoms with Crippen molar-refractivity contribution in [2.45, 2.75) is 19.3 Å². The molecule has 1 N–H and O–H groups in total. The van der Waals surface area contributed by atoms with Crippen LogP contribution in [-0.2, 0) is 4.79 Å². The number of amides is 1. The molecule has 0 aromatic heterocycles. The van der Waals surface area contributed by atoms with E-state index in [0.717, 1.165) is 0 Å². The van der Waals surface area contributed by atoms with E-state index in [1.54, 1.807) is 7.11 Å². The second-order valence-corrected chi connectivity index (χ2v) is 5.37. The Morgan fingerprint density at radius 2 is 1.70 bits per heavy atom. The van der Waals surface area contributed by atoms with Crippen LogP contribution in [0.5, 0.6) is 11.5 Å². The molecule has 0 saturated heterocycles. The number of methoxy groups -OCH3 is 1. The van der Waals surface area contributed by atoms with Crippen molar-refractivity contribution in [1.82, 2.24) is 5.32 Å². The van der Waals surface area contributed by atoms with Crippen molar-refractivity contribution in [2.24, 2.45) is 0 Å². The molecule has 0 unspecified atom stereocenters. The highest BCUT2D eigenvalue weighted by Crippen LogP contribution is 2.25. The van der Waals surface area contributed by atoms with Gasteiger partial charge in [0.1, 0.15) is 6.61 Å². The fourth-order valence-corrected chi connectivity index (χ4v) is 2.34. The summed E-state index contributed by atoms with van der Waals surface area (Å²) in [5.41, 5.74) is 1.17. The van der Waals surface area contributed by atoms with Crippen LogP contribution in [0, 0.1) is 0 Å². The maximum absolute atomic E-state index is 12.0. The van der Waals surface area contributed by atoms with Crippen LogP contribution in [0.15, 0.2) is 54.6 Å². The van der Waals surface area contributed by atoms with Crippen LogP contribution in [0.2, 0.25) is 0 Å². The van der Waals surface area contributed by atoms with Gasteiger partial charge in [-0.3, -0.25) is 4.79 Å². The van der Waals surface area contributed by atoms with Crippen molar-refractivity contribution in [3.8, 4) is 11.5 Å². The van der Waals surface area contributed by atoms with Gasteiger partial charge in [0.05, 0.1) is 13.7 Å². The van der Waals surface area contributed by atoms with E-state index in [9.17, 15) is 4.79 Å². The number of benzene rings is 2. The third-order valence-corrected chi connectivity index (χ3v) is 3.61. The SMILES string of the molecule is COc1ccccc1OCCNC(=O)C[C@H](C)c1ccccc1. The standard InChI is InChI=1S/C19H23NO3/c1-15(16-8-4-3-5-9-16)14-19(21)20-12-13-23-18-11-7-6-10-17(18)22-2/h3-11,15H,12-14H2,1-2H3,(H,20,21)/t15-/m0/s1. The van der Waals surface area contributed by atoms with Crippen molar-refractivity contribution in [2.75, 3.05) is 20.3 Å². The van der Waals surface area contributed by atoms with E-state index in [1.807, 2.05) is 54.6 Å². The molecular weight excluding hydrogens is 290 g/mol. The predicted molar refractivity (Wildman–Crippen MR) is 91.0 cm³/mol. The van der Waals surface area contributed by atoms with Crippen molar-refractivity contribution in [3.05, 3.63) is 60.2 Å². The van der Waals surface area contributed by atoms with E-state index in [2.05, 4.69) is 12.2 Å². The molecule has 1 amide bonds. The van der Waals surface area contributed by atoms with E-state index in [4.69, 9.17) is 9.47 Å². The second kappa shape index (κ2) is 8.83. The molecule has 2 aromatic rings. The topological polar surface area (TPSA) is 47.6 Å². The minimum atomic E-state index is 0.0324. The third kappa shape index (κ3) is 5.33. The summed E-state index contributed by atoms with van der Waals surface area (Å²) in [5, 5.41) is 2.89. The fourth-order valence-electron chi connectivity index (χ4n) is 2.34. The van der Waals surface area contributed by atoms with Crippen molar-refractivity contribution < 1.29 is 14.3 Å². The number of hydrogen-bond donors (Lipinski definition) is 1. The number of carbonyl (C=O) groups excluding carboxylic acids is 1. The highest BCUT2D eigenvalue weighted by molar-refractivity contribution is 5.76. The number of ether oxygens (including phenoxy) is 2. The average molecular weight is 313 g/mol. The summed E-state index contributed by atoms with van der Waals surface area (Å²) < 4.78 is 10.8. The van der Waals surface area contributed by atoms with Crippen LogP contribution in [0.4, 0.5) is 0 Å². The lowest BCUT2D eigenvalue weighted by Gasteiger charge is -2.13. The summed E-state index contributed by atoms with van der Waals surface area (Å²) in [5.74, 6) is 1.61. The van der Waals surface area contributed by atoms with Crippen LogP contribution >= 0.6 is 0 Å². The molecule has 4 nitrogen and oxygen atoms in total. The molecule has 0 fully saturated rings. The first-order valence-corrected chi connectivity index (χ1v) is 7.78. The summed E-state index contributed by atoms with van der Waals surface area (Å²) >= 11 is 0. The van der Waals surface area contributed by atoms with Gasteiger partial charge in [-0.05, 0) is 23.6 Å². The zero-order chi connectivity index (χ0) is 16.5. The van der Waals surface area contributed by atoms with Gasteiger partial charge < -0.3 is 14.8 Å². The quantitative estimate of drug-likeness (QED) is 0.760. The summed E-state index contributed by atoms with van der Waals surface area (Å²) in [6, 6.07) is 17.5. The van der Waals surface area contributed by atoms with Gasteiger partial charge in [0.15, 0.2) is 11.5 Å². The first kappa shape index (κ1) is 16.9. The molecular formula is C19H23NO3.